The van der Waals surface area contributed by atoms with E-state index >= 15 is 0 Å². The molecule has 2 heterocycles. The van der Waals surface area contributed by atoms with Gasteiger partial charge in [-0.25, -0.2) is 8.42 Å². The second-order valence-corrected chi connectivity index (χ2v) is 14.3. The van der Waals surface area contributed by atoms with E-state index in [1.54, 1.807) is 23.5 Å². The number of hydrogen-bond acceptors (Lipinski definition) is 6. The number of sulfone groups is 1. The Kier molecular flexibility index (Phi) is 11.7. The van der Waals surface area contributed by atoms with Gasteiger partial charge in [-0.2, -0.15) is 0 Å². The molecular weight excluding hydrogens is 572 g/mol. The van der Waals surface area contributed by atoms with Crippen LogP contribution in [0.5, 0.6) is 5.75 Å². The number of fused-ring (bicyclic) bond motifs is 1. The molecule has 1 aliphatic heterocycles. The normalized spacial score (nSPS) is 14.8. The Morgan fingerprint density at radius 1 is 1.00 bits per heavy atom. The Morgan fingerprint density at radius 2 is 1.68 bits per heavy atom. The van der Waals surface area contributed by atoms with Crippen molar-refractivity contribution in [2.24, 2.45) is 0 Å². The number of aryl methyl sites for hydroxylation is 1. The van der Waals surface area contributed by atoms with E-state index in [2.05, 4.69) is 30.6 Å². The number of nitrogens with zero attached hydrogens (tertiary/aromatic N) is 2. The van der Waals surface area contributed by atoms with Gasteiger partial charge in [0.05, 0.1) is 9.79 Å². The molecule has 2 aromatic carbocycles. The fourth-order valence-corrected chi connectivity index (χ4v) is 9.07. The van der Waals surface area contributed by atoms with Crippen LogP contribution in [0, 0.1) is 0 Å². The zero-order valence-electron chi connectivity index (χ0n) is 25.0. The number of hydrogen-bond donors (Lipinski definition) is 0. The van der Waals surface area contributed by atoms with Crippen LogP contribution in [0.15, 0.2) is 58.3 Å². The molecule has 0 bridgehead atoms. The summed E-state index contributed by atoms with van der Waals surface area (Å²) in [4.78, 5) is 7.71. The maximum atomic E-state index is 14.1. The summed E-state index contributed by atoms with van der Waals surface area (Å²) in [7, 11) is -3.68. The summed E-state index contributed by atoms with van der Waals surface area (Å²) < 4.78 is 34.6. The Hall–Kier alpha value is -1.90. The van der Waals surface area contributed by atoms with Crippen molar-refractivity contribution in [1.82, 2.24) is 9.80 Å². The molecule has 41 heavy (non-hydrogen) atoms. The minimum absolute atomic E-state index is 0.0183. The van der Waals surface area contributed by atoms with Crippen molar-refractivity contribution in [3.05, 3.63) is 74.4 Å². The molecule has 4 rings (SSSR count). The van der Waals surface area contributed by atoms with Gasteiger partial charge in [0.1, 0.15) is 5.75 Å². The van der Waals surface area contributed by atoms with Crippen LogP contribution in [0.2, 0.25) is 5.02 Å². The summed E-state index contributed by atoms with van der Waals surface area (Å²) in [6, 6.07) is 15.0. The monoisotopic (exact) mass is 616 g/mol. The predicted octanol–water partition coefficient (Wildman–Crippen LogP) is 8.37. The van der Waals surface area contributed by atoms with Crippen LogP contribution in [0.1, 0.15) is 80.7 Å². The first kappa shape index (κ1) is 32.0. The first-order valence-electron chi connectivity index (χ1n) is 15.2. The summed E-state index contributed by atoms with van der Waals surface area (Å²) in [5.41, 5.74) is 2.02. The van der Waals surface area contributed by atoms with Gasteiger partial charge in [0, 0.05) is 47.5 Å². The zero-order chi connectivity index (χ0) is 29.4. The minimum atomic E-state index is -3.68. The van der Waals surface area contributed by atoms with Crippen molar-refractivity contribution in [1.29, 1.82) is 0 Å². The molecule has 5 nitrogen and oxygen atoms in total. The molecular formula is C33H45ClN2O3S2. The molecule has 0 amide bonds. The van der Waals surface area contributed by atoms with Crippen molar-refractivity contribution >= 4 is 32.8 Å². The van der Waals surface area contributed by atoms with Gasteiger partial charge in [-0.3, -0.25) is 9.80 Å². The number of ether oxygens (including phenoxy) is 1. The Morgan fingerprint density at radius 3 is 2.29 bits per heavy atom. The smallest absolute Gasteiger partial charge is 0.208 e. The SMILES string of the molecule is CCCCN(CCCC)C(CC)Oc1ccc(S(=O)(=O)c2c(CC)sc3c2CN(Cc2ccccc2Cl)CC3)cc1. The number of rotatable bonds is 15. The molecule has 1 atom stereocenters. The molecule has 0 N–H and O–H groups in total. The van der Waals surface area contributed by atoms with Crippen LogP contribution >= 0.6 is 22.9 Å². The van der Waals surface area contributed by atoms with E-state index < -0.39 is 9.84 Å². The lowest BCUT2D eigenvalue weighted by Crippen LogP contribution is -2.40. The third-order valence-corrected chi connectivity index (χ3v) is 11.7. The van der Waals surface area contributed by atoms with Gasteiger partial charge in [0.15, 0.2) is 6.23 Å². The van der Waals surface area contributed by atoms with Crippen molar-refractivity contribution in [3.8, 4) is 5.75 Å². The standard InChI is InChI=1S/C33H45ClN2O3S2/c1-5-9-20-36(21-10-6-2)32(8-4)39-26-15-17-27(18-16-26)41(37,38)33-28-24-35(22-19-31(28)40-30(33)7-3)23-25-13-11-12-14-29(25)34/h11-18,32H,5-10,19-24H2,1-4H3. The van der Waals surface area contributed by atoms with E-state index in [0.717, 1.165) is 79.2 Å². The summed E-state index contributed by atoms with van der Waals surface area (Å²) in [6.45, 7) is 12.8. The van der Waals surface area contributed by atoms with Gasteiger partial charge < -0.3 is 4.74 Å². The van der Waals surface area contributed by atoms with E-state index in [-0.39, 0.29) is 6.23 Å². The summed E-state index contributed by atoms with van der Waals surface area (Å²) in [5, 5.41) is 0.747. The highest BCUT2D eigenvalue weighted by Crippen LogP contribution is 2.40. The Labute approximate surface area is 256 Å². The van der Waals surface area contributed by atoms with Crippen LogP contribution in [0.4, 0.5) is 0 Å². The molecule has 224 valence electrons. The lowest BCUT2D eigenvalue weighted by molar-refractivity contribution is 0.0202. The van der Waals surface area contributed by atoms with E-state index in [9.17, 15) is 8.42 Å². The number of unbranched alkanes of at least 4 members (excludes halogenated alkanes) is 2. The molecule has 0 aliphatic carbocycles. The third-order valence-electron chi connectivity index (χ3n) is 7.85. The van der Waals surface area contributed by atoms with E-state index in [4.69, 9.17) is 16.3 Å². The number of benzene rings is 2. The molecule has 0 radical (unpaired) electrons. The van der Waals surface area contributed by atoms with Crippen LogP contribution in [-0.2, 0) is 35.8 Å². The van der Waals surface area contributed by atoms with Crippen LogP contribution in [0.3, 0.4) is 0 Å². The van der Waals surface area contributed by atoms with Crippen LogP contribution in [-0.4, -0.2) is 44.1 Å². The average Bonchev–Trinajstić information content (AvgIpc) is 3.36. The lowest BCUT2D eigenvalue weighted by Gasteiger charge is -2.31. The highest BCUT2D eigenvalue weighted by Gasteiger charge is 2.32. The molecule has 3 aromatic rings. The van der Waals surface area contributed by atoms with E-state index in [1.807, 2.05) is 43.3 Å². The summed E-state index contributed by atoms with van der Waals surface area (Å²) in [5.74, 6) is 0.711. The van der Waals surface area contributed by atoms with E-state index in [1.165, 1.54) is 4.88 Å². The molecule has 8 heteroatoms. The maximum Gasteiger partial charge on any atom is 0.208 e. The fourth-order valence-electron chi connectivity index (χ4n) is 5.53. The van der Waals surface area contributed by atoms with Crippen molar-refractivity contribution in [2.75, 3.05) is 19.6 Å². The third kappa shape index (κ3) is 7.74. The summed E-state index contributed by atoms with van der Waals surface area (Å²) >= 11 is 8.10. The minimum Gasteiger partial charge on any atom is -0.475 e. The lowest BCUT2D eigenvalue weighted by atomic mass is 10.1. The molecule has 0 saturated heterocycles. The van der Waals surface area contributed by atoms with Crippen molar-refractivity contribution < 1.29 is 13.2 Å². The second kappa shape index (κ2) is 15.0. The number of halogens is 1. The molecule has 1 aromatic heterocycles. The summed E-state index contributed by atoms with van der Waals surface area (Å²) in [6.07, 6.45) is 6.98. The first-order valence-corrected chi connectivity index (χ1v) is 17.8. The topological polar surface area (TPSA) is 49.9 Å². The van der Waals surface area contributed by atoms with E-state index in [0.29, 0.717) is 35.1 Å². The first-order chi connectivity index (χ1) is 19.8. The van der Waals surface area contributed by atoms with Gasteiger partial charge in [0.2, 0.25) is 9.84 Å². The fraction of sp³-hybridized carbons (Fsp3) is 0.515. The van der Waals surface area contributed by atoms with Gasteiger partial charge in [-0.1, -0.05) is 70.3 Å². The van der Waals surface area contributed by atoms with Crippen LogP contribution in [0.25, 0.3) is 0 Å². The largest absolute Gasteiger partial charge is 0.475 e. The Balaban J connectivity index is 1.55. The number of thiophene rings is 1. The molecule has 1 unspecified atom stereocenters. The quantitative estimate of drug-likeness (QED) is 0.161. The maximum absolute atomic E-state index is 14.1. The zero-order valence-corrected chi connectivity index (χ0v) is 27.4. The van der Waals surface area contributed by atoms with Crippen molar-refractivity contribution in [3.63, 3.8) is 0 Å². The van der Waals surface area contributed by atoms with Crippen molar-refractivity contribution in [2.45, 2.75) is 102 Å². The second-order valence-electron chi connectivity index (χ2n) is 10.9. The van der Waals surface area contributed by atoms with Gasteiger partial charge in [0.25, 0.3) is 0 Å². The van der Waals surface area contributed by atoms with Gasteiger partial charge in [-0.05, 0) is 73.6 Å². The van der Waals surface area contributed by atoms with Gasteiger partial charge >= 0.3 is 0 Å². The van der Waals surface area contributed by atoms with Gasteiger partial charge in [-0.15, -0.1) is 11.3 Å². The molecule has 1 aliphatic rings. The average molecular weight is 617 g/mol. The van der Waals surface area contributed by atoms with Crippen LogP contribution < -0.4 is 4.74 Å². The predicted molar refractivity (Wildman–Crippen MR) is 171 cm³/mol. The highest BCUT2D eigenvalue weighted by atomic mass is 35.5. The molecule has 0 spiro atoms. The molecule has 0 fully saturated rings. The Bertz CT molecular complexity index is 1360. The highest BCUT2D eigenvalue weighted by molar-refractivity contribution is 7.91. The molecule has 0 saturated carbocycles.